The fraction of sp³-hybridized carbons (Fsp3) is 0.400. The molecule has 1 nitrogen and oxygen atoms in total. The summed E-state index contributed by atoms with van der Waals surface area (Å²) in [5.41, 5.74) is 0.911. The Kier molecular flexibility index (Phi) is 1.86. The Morgan fingerprint density at radius 3 is 2.92 bits per heavy atom. The Hall–Kier alpha value is -0.870. The molecule has 0 spiro atoms. The molecule has 0 aromatic rings. The largest absolute Gasteiger partial charge is 0.354 e. The topological polar surface area (TPSA) is 3.24 Å². The highest BCUT2D eigenvalue weighted by atomic mass is 35.5. The van der Waals surface area contributed by atoms with Crippen LogP contribution in [0.15, 0.2) is 23.9 Å². The van der Waals surface area contributed by atoms with E-state index in [1.165, 1.54) is 12.8 Å². The van der Waals surface area contributed by atoms with Crippen LogP contribution in [0.5, 0.6) is 0 Å². The van der Waals surface area contributed by atoms with Crippen molar-refractivity contribution in [3.63, 3.8) is 0 Å². The number of alkyl halides is 1. The Morgan fingerprint density at radius 1 is 1.58 bits per heavy atom. The zero-order valence-electron chi connectivity index (χ0n) is 6.70. The highest BCUT2D eigenvalue weighted by Gasteiger charge is 2.31. The van der Waals surface area contributed by atoms with E-state index in [4.69, 9.17) is 18.0 Å². The third-order valence-corrected chi connectivity index (χ3v) is 2.51. The SMILES string of the molecule is C#CC1=CN(C2CC2)C(Cl)C=C1. The molecule has 0 saturated heterocycles. The van der Waals surface area contributed by atoms with Gasteiger partial charge in [-0.25, -0.2) is 0 Å². The highest BCUT2D eigenvalue weighted by Crippen LogP contribution is 2.32. The van der Waals surface area contributed by atoms with Crippen molar-refractivity contribution in [1.29, 1.82) is 0 Å². The standard InChI is InChI=1S/C10H10ClN/c1-2-8-3-6-10(11)12(7-8)9-4-5-9/h1,3,6-7,9-10H,4-5H2. The first-order valence-electron chi connectivity index (χ1n) is 4.09. The minimum absolute atomic E-state index is 0.00500. The van der Waals surface area contributed by atoms with Crippen molar-refractivity contribution in [3.05, 3.63) is 23.9 Å². The van der Waals surface area contributed by atoms with Gasteiger partial charge in [-0.15, -0.1) is 6.42 Å². The third kappa shape index (κ3) is 1.35. The molecule has 0 aromatic carbocycles. The van der Waals surface area contributed by atoms with Gasteiger partial charge in [-0.2, -0.15) is 0 Å². The summed E-state index contributed by atoms with van der Waals surface area (Å²) in [7, 11) is 0. The maximum atomic E-state index is 6.07. The van der Waals surface area contributed by atoms with Gasteiger partial charge in [-0.3, -0.25) is 0 Å². The highest BCUT2D eigenvalue weighted by molar-refractivity contribution is 6.21. The number of hydrogen-bond acceptors (Lipinski definition) is 1. The van der Waals surface area contributed by atoms with Crippen LogP contribution in [0.4, 0.5) is 0 Å². The second-order valence-electron chi connectivity index (χ2n) is 3.14. The van der Waals surface area contributed by atoms with Crippen LogP contribution in [0.3, 0.4) is 0 Å². The summed E-state index contributed by atoms with van der Waals surface area (Å²) in [6.45, 7) is 0. The van der Waals surface area contributed by atoms with E-state index in [-0.39, 0.29) is 5.50 Å². The summed E-state index contributed by atoms with van der Waals surface area (Å²) in [6, 6.07) is 0.626. The quantitative estimate of drug-likeness (QED) is 0.339. The second-order valence-corrected chi connectivity index (χ2v) is 3.59. The molecule has 62 valence electrons. The van der Waals surface area contributed by atoms with Crippen LogP contribution in [0.2, 0.25) is 0 Å². The van der Waals surface area contributed by atoms with Crippen molar-refractivity contribution in [2.45, 2.75) is 24.4 Å². The van der Waals surface area contributed by atoms with Gasteiger partial charge < -0.3 is 4.90 Å². The lowest BCUT2D eigenvalue weighted by molar-refractivity contribution is 0.370. The van der Waals surface area contributed by atoms with Gasteiger partial charge in [-0.05, 0) is 25.0 Å². The van der Waals surface area contributed by atoms with Crippen molar-refractivity contribution >= 4 is 11.6 Å². The van der Waals surface area contributed by atoms with Gasteiger partial charge in [0.05, 0.1) is 0 Å². The van der Waals surface area contributed by atoms with Crippen molar-refractivity contribution in [1.82, 2.24) is 4.90 Å². The molecule has 1 saturated carbocycles. The van der Waals surface area contributed by atoms with Crippen molar-refractivity contribution < 1.29 is 0 Å². The molecule has 1 heterocycles. The van der Waals surface area contributed by atoms with Crippen LogP contribution in [0, 0.1) is 12.3 Å². The molecule has 0 radical (unpaired) electrons. The molecule has 0 bridgehead atoms. The van der Waals surface area contributed by atoms with Crippen LogP contribution in [-0.2, 0) is 0 Å². The van der Waals surface area contributed by atoms with Crippen molar-refractivity contribution in [2.24, 2.45) is 0 Å². The summed E-state index contributed by atoms with van der Waals surface area (Å²) in [5.74, 6) is 2.61. The lowest BCUT2D eigenvalue weighted by Gasteiger charge is -2.26. The van der Waals surface area contributed by atoms with Gasteiger partial charge in [0, 0.05) is 17.8 Å². The van der Waals surface area contributed by atoms with Crippen molar-refractivity contribution in [2.75, 3.05) is 0 Å². The van der Waals surface area contributed by atoms with Crippen LogP contribution in [0.25, 0.3) is 0 Å². The monoisotopic (exact) mass is 179 g/mol. The van der Waals surface area contributed by atoms with E-state index in [0.29, 0.717) is 6.04 Å². The number of halogens is 1. The average Bonchev–Trinajstić information content (AvgIpc) is 2.88. The van der Waals surface area contributed by atoms with Gasteiger partial charge >= 0.3 is 0 Å². The number of terminal acetylenes is 1. The fourth-order valence-electron chi connectivity index (χ4n) is 1.32. The molecule has 0 N–H and O–H groups in total. The minimum Gasteiger partial charge on any atom is -0.354 e. The molecular formula is C10H10ClN. The molecule has 1 aliphatic carbocycles. The van der Waals surface area contributed by atoms with Crippen LogP contribution < -0.4 is 0 Å². The average molecular weight is 180 g/mol. The maximum Gasteiger partial charge on any atom is 0.123 e. The summed E-state index contributed by atoms with van der Waals surface area (Å²) < 4.78 is 0. The molecule has 2 heteroatoms. The van der Waals surface area contributed by atoms with Crippen molar-refractivity contribution in [3.8, 4) is 12.3 Å². The predicted molar refractivity (Wildman–Crippen MR) is 50.6 cm³/mol. The second kappa shape index (κ2) is 2.88. The van der Waals surface area contributed by atoms with E-state index in [1.807, 2.05) is 18.4 Å². The molecule has 1 atom stereocenters. The lowest BCUT2D eigenvalue weighted by atomic mass is 10.2. The zero-order chi connectivity index (χ0) is 8.55. The molecule has 0 aromatic heterocycles. The first kappa shape index (κ1) is 7.76. The van der Waals surface area contributed by atoms with Crippen LogP contribution in [0.1, 0.15) is 12.8 Å². The third-order valence-electron chi connectivity index (χ3n) is 2.14. The molecule has 1 unspecified atom stereocenters. The first-order chi connectivity index (χ1) is 5.81. The number of hydrogen-bond donors (Lipinski definition) is 0. The van der Waals surface area contributed by atoms with Gasteiger partial charge in [0.1, 0.15) is 5.50 Å². The molecular weight excluding hydrogens is 170 g/mol. The molecule has 12 heavy (non-hydrogen) atoms. The Balaban J connectivity index is 2.17. The van der Waals surface area contributed by atoms with E-state index in [9.17, 15) is 0 Å². The van der Waals surface area contributed by atoms with E-state index in [2.05, 4.69) is 10.8 Å². The summed E-state index contributed by atoms with van der Waals surface area (Å²) in [5, 5.41) is 0. The van der Waals surface area contributed by atoms with Crippen LogP contribution >= 0.6 is 11.6 Å². The van der Waals surface area contributed by atoms with Gasteiger partial charge in [-0.1, -0.05) is 17.5 Å². The molecule has 2 aliphatic rings. The molecule has 0 amide bonds. The van der Waals surface area contributed by atoms with E-state index in [0.717, 1.165) is 5.57 Å². The summed E-state index contributed by atoms with van der Waals surface area (Å²) in [6.07, 6.45) is 13.6. The normalized spacial score (nSPS) is 28.2. The Bertz CT molecular complexity index is 281. The minimum atomic E-state index is -0.00500. The molecule has 1 aliphatic heterocycles. The fourth-order valence-corrected chi connectivity index (χ4v) is 1.61. The number of rotatable bonds is 1. The van der Waals surface area contributed by atoms with Gasteiger partial charge in [0.15, 0.2) is 0 Å². The number of nitrogens with zero attached hydrogens (tertiary/aromatic N) is 1. The zero-order valence-corrected chi connectivity index (χ0v) is 7.46. The maximum absolute atomic E-state index is 6.07. The molecule has 1 fully saturated rings. The lowest BCUT2D eigenvalue weighted by Crippen LogP contribution is -2.28. The van der Waals surface area contributed by atoms with E-state index in [1.54, 1.807) is 0 Å². The summed E-state index contributed by atoms with van der Waals surface area (Å²) >= 11 is 6.07. The van der Waals surface area contributed by atoms with Gasteiger partial charge in [0.25, 0.3) is 0 Å². The Morgan fingerprint density at radius 2 is 2.33 bits per heavy atom. The van der Waals surface area contributed by atoms with E-state index < -0.39 is 0 Å². The predicted octanol–water partition coefficient (Wildman–Crippen LogP) is 2.10. The first-order valence-corrected chi connectivity index (χ1v) is 4.53. The smallest absolute Gasteiger partial charge is 0.123 e. The van der Waals surface area contributed by atoms with E-state index >= 15 is 0 Å². The molecule has 2 rings (SSSR count). The number of allylic oxidation sites excluding steroid dienone is 2. The summed E-state index contributed by atoms with van der Waals surface area (Å²) in [4.78, 5) is 2.14. The Labute approximate surface area is 77.7 Å². The van der Waals surface area contributed by atoms with Gasteiger partial charge in [0.2, 0.25) is 0 Å². The van der Waals surface area contributed by atoms with Crippen LogP contribution in [-0.4, -0.2) is 16.4 Å².